The van der Waals surface area contributed by atoms with Gasteiger partial charge in [0.15, 0.2) is 0 Å². The third-order valence-electron chi connectivity index (χ3n) is 3.44. The molecule has 74 valence electrons. The number of morpholine rings is 1. The summed E-state index contributed by atoms with van der Waals surface area (Å²) in [6, 6.07) is 0. The van der Waals surface area contributed by atoms with E-state index >= 15 is 0 Å². The molecule has 0 bridgehead atoms. The highest BCUT2D eigenvalue weighted by Gasteiger charge is 2.49. The highest BCUT2D eigenvalue weighted by atomic mass is 16.5. The second-order valence-corrected chi connectivity index (χ2v) is 4.51. The molecule has 2 aliphatic heterocycles. The lowest BCUT2D eigenvalue weighted by atomic mass is 9.76. The first-order valence-corrected chi connectivity index (χ1v) is 4.86. The SMILES string of the molecule is C=C1CO[C@@]2(C)CCNC[C@@]2(C)N1. The molecule has 0 aromatic carbocycles. The highest BCUT2D eigenvalue weighted by molar-refractivity contribution is 5.15. The normalized spacial score (nSPS) is 45.2. The van der Waals surface area contributed by atoms with Crippen LogP contribution in [0.25, 0.3) is 0 Å². The van der Waals surface area contributed by atoms with Crippen LogP contribution in [0.3, 0.4) is 0 Å². The lowest BCUT2D eigenvalue weighted by Gasteiger charge is -2.54. The molecule has 0 saturated carbocycles. The van der Waals surface area contributed by atoms with Gasteiger partial charge in [0.25, 0.3) is 0 Å². The summed E-state index contributed by atoms with van der Waals surface area (Å²) < 4.78 is 5.88. The van der Waals surface area contributed by atoms with E-state index < -0.39 is 0 Å². The van der Waals surface area contributed by atoms with Crippen molar-refractivity contribution in [3.8, 4) is 0 Å². The van der Waals surface area contributed by atoms with Gasteiger partial charge in [-0.25, -0.2) is 0 Å². The Morgan fingerprint density at radius 1 is 1.46 bits per heavy atom. The maximum Gasteiger partial charge on any atom is 0.0909 e. The van der Waals surface area contributed by atoms with Crippen LogP contribution in [0.15, 0.2) is 12.3 Å². The Morgan fingerprint density at radius 2 is 2.23 bits per heavy atom. The fourth-order valence-corrected chi connectivity index (χ4v) is 2.21. The summed E-state index contributed by atoms with van der Waals surface area (Å²) in [6.45, 7) is 10.9. The van der Waals surface area contributed by atoms with Gasteiger partial charge in [-0.1, -0.05) is 6.58 Å². The third kappa shape index (κ3) is 1.27. The number of fused-ring (bicyclic) bond motifs is 1. The summed E-state index contributed by atoms with van der Waals surface area (Å²) in [7, 11) is 0. The topological polar surface area (TPSA) is 33.3 Å². The molecular formula is C10H18N2O. The van der Waals surface area contributed by atoms with Gasteiger partial charge < -0.3 is 15.4 Å². The number of rotatable bonds is 0. The van der Waals surface area contributed by atoms with Gasteiger partial charge in [0, 0.05) is 12.2 Å². The Morgan fingerprint density at radius 3 is 3.00 bits per heavy atom. The van der Waals surface area contributed by atoms with E-state index in [0.717, 1.165) is 25.2 Å². The smallest absolute Gasteiger partial charge is 0.0909 e. The van der Waals surface area contributed by atoms with E-state index in [4.69, 9.17) is 4.74 Å². The van der Waals surface area contributed by atoms with Gasteiger partial charge in [-0.05, 0) is 26.8 Å². The van der Waals surface area contributed by atoms with Crippen LogP contribution >= 0.6 is 0 Å². The summed E-state index contributed by atoms with van der Waals surface area (Å²) in [5.41, 5.74) is 0.948. The van der Waals surface area contributed by atoms with E-state index in [1.807, 2.05) is 0 Å². The second kappa shape index (κ2) is 2.72. The van der Waals surface area contributed by atoms with Crippen molar-refractivity contribution in [1.82, 2.24) is 10.6 Å². The number of piperidine rings is 1. The lowest BCUT2D eigenvalue weighted by molar-refractivity contribution is -0.121. The predicted molar refractivity (Wildman–Crippen MR) is 52.5 cm³/mol. The molecule has 2 saturated heterocycles. The van der Waals surface area contributed by atoms with Gasteiger partial charge in [0.05, 0.1) is 17.7 Å². The zero-order valence-corrected chi connectivity index (χ0v) is 8.44. The molecule has 2 N–H and O–H groups in total. The van der Waals surface area contributed by atoms with Crippen molar-refractivity contribution >= 4 is 0 Å². The van der Waals surface area contributed by atoms with Crippen molar-refractivity contribution in [3.05, 3.63) is 12.3 Å². The summed E-state index contributed by atoms with van der Waals surface area (Å²) in [5, 5.41) is 6.84. The van der Waals surface area contributed by atoms with Gasteiger partial charge >= 0.3 is 0 Å². The summed E-state index contributed by atoms with van der Waals surface area (Å²) >= 11 is 0. The van der Waals surface area contributed by atoms with Crippen LogP contribution in [0.4, 0.5) is 0 Å². The van der Waals surface area contributed by atoms with Gasteiger partial charge in [-0.2, -0.15) is 0 Å². The Bertz CT molecular complexity index is 241. The Balaban J connectivity index is 2.25. The van der Waals surface area contributed by atoms with Crippen LogP contribution < -0.4 is 10.6 Å². The van der Waals surface area contributed by atoms with Gasteiger partial charge in [0.1, 0.15) is 0 Å². The van der Waals surface area contributed by atoms with E-state index in [1.54, 1.807) is 0 Å². The largest absolute Gasteiger partial charge is 0.378 e. The Labute approximate surface area is 79.5 Å². The molecule has 3 nitrogen and oxygen atoms in total. The molecule has 0 unspecified atom stereocenters. The third-order valence-corrected chi connectivity index (χ3v) is 3.44. The molecule has 0 aromatic rings. The van der Waals surface area contributed by atoms with Crippen molar-refractivity contribution in [2.24, 2.45) is 0 Å². The highest BCUT2D eigenvalue weighted by Crippen LogP contribution is 2.35. The number of nitrogens with one attached hydrogen (secondary N) is 2. The first kappa shape index (κ1) is 9.03. The van der Waals surface area contributed by atoms with Crippen LogP contribution in [0.5, 0.6) is 0 Å². The molecule has 0 aliphatic carbocycles. The molecule has 2 atom stereocenters. The monoisotopic (exact) mass is 182 g/mol. The van der Waals surface area contributed by atoms with Gasteiger partial charge in [-0.3, -0.25) is 0 Å². The molecule has 2 aliphatic rings. The number of hydrogen-bond acceptors (Lipinski definition) is 3. The minimum Gasteiger partial charge on any atom is -0.378 e. The molecule has 13 heavy (non-hydrogen) atoms. The maximum absolute atomic E-state index is 5.88. The fraction of sp³-hybridized carbons (Fsp3) is 0.800. The summed E-state index contributed by atoms with van der Waals surface area (Å²) in [6.07, 6.45) is 1.06. The quantitative estimate of drug-likeness (QED) is 0.576. The first-order chi connectivity index (χ1) is 6.06. The van der Waals surface area contributed by atoms with Crippen LogP contribution in [-0.2, 0) is 4.74 Å². The molecule has 2 rings (SSSR count). The molecule has 2 heterocycles. The van der Waals surface area contributed by atoms with Crippen LogP contribution in [0, 0.1) is 0 Å². The van der Waals surface area contributed by atoms with Crippen LogP contribution in [-0.4, -0.2) is 30.8 Å². The second-order valence-electron chi connectivity index (χ2n) is 4.51. The number of ether oxygens (including phenoxy) is 1. The zero-order valence-electron chi connectivity index (χ0n) is 8.44. The first-order valence-electron chi connectivity index (χ1n) is 4.86. The average molecular weight is 182 g/mol. The van der Waals surface area contributed by atoms with E-state index in [1.165, 1.54) is 0 Å². The summed E-state index contributed by atoms with van der Waals surface area (Å²) in [5.74, 6) is 0. The molecule has 0 aromatic heterocycles. The molecule has 0 spiro atoms. The molecule has 3 heteroatoms. The fourth-order valence-electron chi connectivity index (χ4n) is 2.21. The van der Waals surface area contributed by atoms with E-state index in [2.05, 4.69) is 31.1 Å². The van der Waals surface area contributed by atoms with Gasteiger partial charge in [-0.15, -0.1) is 0 Å². The van der Waals surface area contributed by atoms with E-state index in [9.17, 15) is 0 Å². The summed E-state index contributed by atoms with van der Waals surface area (Å²) in [4.78, 5) is 0. The molecule has 2 fully saturated rings. The minimum atomic E-state index is -0.0422. The van der Waals surface area contributed by atoms with E-state index in [0.29, 0.717) is 6.61 Å². The molecule has 0 radical (unpaired) electrons. The molecular weight excluding hydrogens is 164 g/mol. The number of hydrogen-bond donors (Lipinski definition) is 2. The Kier molecular flexibility index (Phi) is 1.89. The van der Waals surface area contributed by atoms with E-state index in [-0.39, 0.29) is 11.1 Å². The van der Waals surface area contributed by atoms with Gasteiger partial charge in [0.2, 0.25) is 0 Å². The lowest BCUT2D eigenvalue weighted by Crippen LogP contribution is -2.71. The van der Waals surface area contributed by atoms with Crippen LogP contribution in [0.2, 0.25) is 0 Å². The molecule has 0 amide bonds. The van der Waals surface area contributed by atoms with Crippen molar-refractivity contribution in [3.63, 3.8) is 0 Å². The van der Waals surface area contributed by atoms with Crippen LogP contribution in [0.1, 0.15) is 20.3 Å². The van der Waals surface area contributed by atoms with Crippen molar-refractivity contribution < 1.29 is 4.74 Å². The predicted octanol–water partition coefficient (Wildman–Crippen LogP) is 0.631. The average Bonchev–Trinajstić information content (AvgIpc) is 2.07. The zero-order chi connectivity index (χ0) is 9.53. The standard InChI is InChI=1S/C10H18N2O/c1-8-6-13-10(3)4-5-11-7-9(10,2)12-8/h11-12H,1,4-7H2,2-3H3/t9-,10+/m1/s1. The van der Waals surface area contributed by atoms with Crippen molar-refractivity contribution in [1.29, 1.82) is 0 Å². The van der Waals surface area contributed by atoms with Crippen molar-refractivity contribution in [2.75, 3.05) is 19.7 Å². The maximum atomic E-state index is 5.88. The van der Waals surface area contributed by atoms with Crippen molar-refractivity contribution in [2.45, 2.75) is 31.4 Å². The Hall–Kier alpha value is -0.540. The minimum absolute atomic E-state index is 0.000579.